The van der Waals surface area contributed by atoms with Crippen LogP contribution in [0.4, 0.5) is 15.9 Å². The Kier molecular flexibility index (Phi) is 9.41. The predicted octanol–water partition coefficient (Wildman–Crippen LogP) is 4.84. The van der Waals surface area contributed by atoms with Crippen LogP contribution in [0.2, 0.25) is 5.02 Å². The molecule has 0 radical (unpaired) electrons. The van der Waals surface area contributed by atoms with E-state index < -0.39 is 5.60 Å². The molecule has 9 heteroatoms. The molecular formula is C27H38ClFN4O3. The summed E-state index contributed by atoms with van der Waals surface area (Å²) in [6.45, 7) is 4.31. The Labute approximate surface area is 218 Å². The number of benzene rings is 1. The Balaban J connectivity index is 1.40. The van der Waals surface area contributed by atoms with Crippen LogP contribution < -0.4 is 16.0 Å². The Morgan fingerprint density at radius 3 is 2.61 bits per heavy atom. The molecular weight excluding hydrogens is 483 g/mol. The van der Waals surface area contributed by atoms with E-state index in [1.165, 1.54) is 6.07 Å². The van der Waals surface area contributed by atoms with Crippen LogP contribution in [-0.4, -0.2) is 67.3 Å². The number of hydrogen-bond acceptors (Lipinski definition) is 7. The fraction of sp³-hybridized carbons (Fsp3) is 0.593. The normalized spacial score (nSPS) is 22.7. The quantitative estimate of drug-likeness (QED) is 0.356. The zero-order valence-electron chi connectivity index (χ0n) is 21.2. The van der Waals surface area contributed by atoms with Gasteiger partial charge in [0, 0.05) is 80.8 Å². The third-order valence-corrected chi connectivity index (χ3v) is 7.47. The molecule has 1 atom stereocenters. The zero-order chi connectivity index (χ0) is 25.5. The Morgan fingerprint density at radius 1 is 1.17 bits per heavy atom. The van der Waals surface area contributed by atoms with E-state index in [0.717, 1.165) is 31.4 Å². The first-order valence-electron chi connectivity index (χ1n) is 12.9. The monoisotopic (exact) mass is 520 g/mol. The van der Waals surface area contributed by atoms with Crippen LogP contribution in [0.3, 0.4) is 0 Å². The molecule has 1 saturated heterocycles. The van der Waals surface area contributed by atoms with Gasteiger partial charge in [0.1, 0.15) is 11.6 Å². The van der Waals surface area contributed by atoms with Crippen molar-refractivity contribution in [3.63, 3.8) is 0 Å². The third-order valence-electron chi connectivity index (χ3n) is 7.17. The molecule has 0 amide bonds. The molecule has 2 aromatic rings. The topological polar surface area (TPSA) is 87.7 Å². The van der Waals surface area contributed by atoms with Crippen molar-refractivity contribution in [3.8, 4) is 11.1 Å². The zero-order valence-corrected chi connectivity index (χ0v) is 21.9. The second-order valence-corrected chi connectivity index (χ2v) is 10.6. The summed E-state index contributed by atoms with van der Waals surface area (Å²) in [6.07, 6.45) is 6.92. The van der Waals surface area contributed by atoms with E-state index in [1.807, 2.05) is 6.07 Å². The predicted molar refractivity (Wildman–Crippen MR) is 142 cm³/mol. The van der Waals surface area contributed by atoms with Crippen molar-refractivity contribution in [1.29, 1.82) is 0 Å². The van der Waals surface area contributed by atoms with Crippen LogP contribution >= 0.6 is 11.6 Å². The van der Waals surface area contributed by atoms with Crippen LogP contribution in [0.15, 0.2) is 30.5 Å². The van der Waals surface area contributed by atoms with E-state index in [2.05, 4.69) is 27.9 Å². The molecule has 198 valence electrons. The summed E-state index contributed by atoms with van der Waals surface area (Å²) in [4.78, 5) is 4.45. The van der Waals surface area contributed by atoms with Crippen LogP contribution in [0.5, 0.6) is 0 Å². The van der Waals surface area contributed by atoms with Crippen molar-refractivity contribution in [1.82, 2.24) is 10.3 Å². The largest absolute Gasteiger partial charge is 0.388 e. The number of aliphatic hydroxyl groups is 1. The third kappa shape index (κ3) is 7.29. The fourth-order valence-electron chi connectivity index (χ4n) is 5.07. The van der Waals surface area contributed by atoms with Gasteiger partial charge in [0.25, 0.3) is 0 Å². The van der Waals surface area contributed by atoms with Crippen LogP contribution in [-0.2, 0) is 9.47 Å². The number of ether oxygens (including phenoxy) is 2. The summed E-state index contributed by atoms with van der Waals surface area (Å²) >= 11 is 6.46. The highest BCUT2D eigenvalue weighted by Crippen LogP contribution is 2.34. The molecule has 2 aliphatic rings. The van der Waals surface area contributed by atoms with E-state index in [0.29, 0.717) is 79.3 Å². The Hall–Kier alpha value is -1.97. The number of pyridine rings is 1. The molecule has 1 aliphatic heterocycles. The lowest BCUT2D eigenvalue weighted by Crippen LogP contribution is -2.42. The minimum atomic E-state index is -0.825. The maximum atomic E-state index is 14.9. The lowest BCUT2D eigenvalue weighted by Gasteiger charge is -2.32. The summed E-state index contributed by atoms with van der Waals surface area (Å²) in [7, 11) is 1.72. The fourth-order valence-corrected chi connectivity index (χ4v) is 5.28. The summed E-state index contributed by atoms with van der Waals surface area (Å²) in [5.41, 5.74) is 0.884. The standard InChI is InChI=1S/C27H38ClFN4O3/c1-18(16-35-2)32-19-3-5-20(6-4-19)33-26-14-22(24(28)15-30-26)23-13-21(7-8-25(23)29)31-17-27(34)9-11-36-12-10-27/h7-8,13-15,18-20,31-32,34H,3-6,9-12,16-17H2,1-2H3,(H,30,33)/t18-,19-,20-/m0/s1. The maximum Gasteiger partial charge on any atom is 0.131 e. The van der Waals surface area contributed by atoms with Gasteiger partial charge in [-0.2, -0.15) is 0 Å². The molecule has 36 heavy (non-hydrogen) atoms. The number of hydrogen-bond donors (Lipinski definition) is 4. The van der Waals surface area contributed by atoms with Crippen molar-refractivity contribution >= 4 is 23.1 Å². The van der Waals surface area contributed by atoms with Crippen LogP contribution in [0.1, 0.15) is 45.4 Å². The molecule has 4 rings (SSSR count). The first kappa shape index (κ1) is 27.1. The number of rotatable bonds is 10. The number of methoxy groups -OCH3 is 1. The van der Waals surface area contributed by atoms with Gasteiger partial charge in [0.05, 0.1) is 17.2 Å². The molecule has 0 bridgehead atoms. The lowest BCUT2D eigenvalue weighted by atomic mass is 9.90. The highest BCUT2D eigenvalue weighted by molar-refractivity contribution is 6.33. The van der Waals surface area contributed by atoms with E-state index in [-0.39, 0.29) is 5.82 Å². The molecule has 7 nitrogen and oxygen atoms in total. The number of anilines is 2. The van der Waals surface area contributed by atoms with Gasteiger partial charge in [-0.05, 0) is 56.9 Å². The first-order valence-corrected chi connectivity index (χ1v) is 13.2. The van der Waals surface area contributed by atoms with Gasteiger partial charge in [0.2, 0.25) is 0 Å². The maximum absolute atomic E-state index is 14.9. The van der Waals surface area contributed by atoms with Crippen molar-refractivity contribution in [2.75, 3.05) is 44.1 Å². The number of halogens is 2. The SMILES string of the molecule is COC[C@H](C)N[C@H]1CC[C@H](Nc2cc(-c3cc(NCC4(O)CCOCC4)ccc3F)c(Cl)cn2)CC1. The van der Waals surface area contributed by atoms with Gasteiger partial charge in [-0.3, -0.25) is 0 Å². The molecule has 4 N–H and O–H groups in total. The minimum Gasteiger partial charge on any atom is -0.388 e. The van der Waals surface area contributed by atoms with Crippen molar-refractivity contribution in [3.05, 3.63) is 41.3 Å². The summed E-state index contributed by atoms with van der Waals surface area (Å²) in [6, 6.07) is 7.79. The van der Waals surface area contributed by atoms with Crippen LogP contribution in [0, 0.1) is 5.82 Å². The number of nitrogens with one attached hydrogen (secondary N) is 3. The Bertz CT molecular complexity index is 997. The minimum absolute atomic E-state index is 0.306. The van der Waals surface area contributed by atoms with E-state index in [1.54, 1.807) is 25.4 Å². The molecule has 0 spiro atoms. The summed E-state index contributed by atoms with van der Waals surface area (Å²) in [5, 5.41) is 21.5. The highest BCUT2D eigenvalue weighted by atomic mass is 35.5. The van der Waals surface area contributed by atoms with Gasteiger partial charge >= 0.3 is 0 Å². The van der Waals surface area contributed by atoms with E-state index in [4.69, 9.17) is 21.1 Å². The lowest BCUT2D eigenvalue weighted by molar-refractivity contribution is -0.0543. The van der Waals surface area contributed by atoms with Crippen LogP contribution in [0.25, 0.3) is 11.1 Å². The molecule has 1 aliphatic carbocycles. The molecule has 2 fully saturated rings. The van der Waals surface area contributed by atoms with Gasteiger partial charge < -0.3 is 30.5 Å². The molecule has 0 unspecified atom stereocenters. The molecule has 1 aromatic carbocycles. The van der Waals surface area contributed by atoms with Gasteiger partial charge in [-0.15, -0.1) is 0 Å². The summed E-state index contributed by atoms with van der Waals surface area (Å²) in [5.74, 6) is 0.328. The second kappa shape index (κ2) is 12.5. The molecule has 1 saturated carbocycles. The molecule has 2 heterocycles. The van der Waals surface area contributed by atoms with E-state index >= 15 is 0 Å². The van der Waals surface area contributed by atoms with Crippen molar-refractivity contribution in [2.45, 2.75) is 69.2 Å². The van der Waals surface area contributed by atoms with Gasteiger partial charge in [-0.1, -0.05) is 11.6 Å². The van der Waals surface area contributed by atoms with E-state index in [9.17, 15) is 9.50 Å². The first-order chi connectivity index (χ1) is 17.3. The number of nitrogens with zero attached hydrogens (tertiary/aromatic N) is 1. The summed E-state index contributed by atoms with van der Waals surface area (Å²) < 4.78 is 25.5. The average Bonchev–Trinajstić information content (AvgIpc) is 2.87. The average molecular weight is 521 g/mol. The van der Waals surface area contributed by atoms with Gasteiger partial charge in [-0.25, -0.2) is 9.37 Å². The highest BCUT2D eigenvalue weighted by Gasteiger charge is 2.29. The Morgan fingerprint density at radius 2 is 1.89 bits per heavy atom. The number of aromatic nitrogens is 1. The van der Waals surface area contributed by atoms with Crippen molar-refractivity contribution in [2.24, 2.45) is 0 Å². The second-order valence-electron chi connectivity index (χ2n) is 10.2. The smallest absolute Gasteiger partial charge is 0.131 e. The van der Waals surface area contributed by atoms with Gasteiger partial charge in [0.15, 0.2) is 0 Å². The van der Waals surface area contributed by atoms with Crippen molar-refractivity contribution < 1.29 is 19.0 Å². The molecule has 1 aromatic heterocycles.